The Morgan fingerprint density at radius 3 is 2.33 bits per heavy atom. The zero-order valence-corrected chi connectivity index (χ0v) is 11.3. The van der Waals surface area contributed by atoms with Crippen molar-refractivity contribution in [2.45, 2.75) is 27.2 Å². The van der Waals surface area contributed by atoms with E-state index < -0.39 is 0 Å². The van der Waals surface area contributed by atoms with Crippen LogP contribution in [0, 0.1) is 0 Å². The molecular formula is C14H20N2O2. The fraction of sp³-hybridized carbons (Fsp3) is 0.571. The molecule has 0 bridgehead atoms. The van der Waals surface area contributed by atoms with Crippen molar-refractivity contribution in [1.82, 2.24) is 9.80 Å². The van der Waals surface area contributed by atoms with Crippen molar-refractivity contribution >= 4 is 11.6 Å². The van der Waals surface area contributed by atoms with Crippen LogP contribution in [0.25, 0.3) is 0 Å². The average molecular weight is 248 g/mol. The Bertz CT molecular complexity index is 449. The molecule has 0 saturated carbocycles. The Hall–Kier alpha value is -1.58. The largest absolute Gasteiger partial charge is 0.370 e. The van der Waals surface area contributed by atoms with Crippen LogP contribution in [-0.2, 0) is 9.59 Å². The monoisotopic (exact) mass is 248 g/mol. The Morgan fingerprint density at radius 1 is 1.11 bits per heavy atom. The van der Waals surface area contributed by atoms with Gasteiger partial charge < -0.3 is 9.80 Å². The molecule has 98 valence electrons. The van der Waals surface area contributed by atoms with Gasteiger partial charge in [0.2, 0.25) is 11.6 Å². The number of allylic oxidation sites excluding steroid dienone is 2. The summed E-state index contributed by atoms with van der Waals surface area (Å²) in [6.45, 7) is 9.54. The summed E-state index contributed by atoms with van der Waals surface area (Å²) in [5.74, 6) is -0.743. The number of carbonyl (C=O) groups excluding carboxylic acids is 2. The van der Waals surface area contributed by atoms with Crippen LogP contribution in [-0.4, -0.2) is 47.5 Å². The molecule has 1 aliphatic heterocycles. The van der Waals surface area contributed by atoms with Gasteiger partial charge >= 0.3 is 0 Å². The normalized spacial score (nSPS) is 20.9. The maximum atomic E-state index is 11.9. The number of hydrogen-bond acceptors (Lipinski definition) is 4. The lowest BCUT2D eigenvalue weighted by Gasteiger charge is -2.32. The Kier molecular flexibility index (Phi) is 3.55. The Balaban J connectivity index is 2.54. The van der Waals surface area contributed by atoms with Crippen LogP contribution in [0.15, 0.2) is 23.0 Å². The number of ketones is 2. The second kappa shape index (κ2) is 4.96. The summed E-state index contributed by atoms with van der Waals surface area (Å²) < 4.78 is 0. The van der Waals surface area contributed by atoms with E-state index in [9.17, 15) is 9.59 Å². The minimum Gasteiger partial charge on any atom is -0.370 e. The van der Waals surface area contributed by atoms with Gasteiger partial charge in [-0.25, -0.2) is 0 Å². The molecule has 18 heavy (non-hydrogen) atoms. The molecule has 0 N–H and O–H groups in total. The topological polar surface area (TPSA) is 40.6 Å². The first-order valence-corrected chi connectivity index (χ1v) is 6.61. The van der Waals surface area contributed by atoms with E-state index in [0.717, 1.165) is 44.0 Å². The molecule has 0 spiro atoms. The lowest BCUT2D eigenvalue weighted by atomic mass is 9.97. The molecule has 1 saturated heterocycles. The fourth-order valence-corrected chi connectivity index (χ4v) is 2.71. The van der Waals surface area contributed by atoms with Crippen LogP contribution in [0.1, 0.15) is 27.2 Å². The minimum absolute atomic E-state index is 0.356. The quantitative estimate of drug-likeness (QED) is 0.546. The molecule has 0 amide bonds. The van der Waals surface area contributed by atoms with Gasteiger partial charge in [-0.1, -0.05) is 0 Å². The maximum Gasteiger partial charge on any atom is 0.230 e. The van der Waals surface area contributed by atoms with Crippen LogP contribution < -0.4 is 0 Å². The van der Waals surface area contributed by atoms with Crippen LogP contribution >= 0.6 is 0 Å². The molecule has 2 aliphatic rings. The molecular weight excluding hydrogens is 228 g/mol. The maximum absolute atomic E-state index is 11.9. The van der Waals surface area contributed by atoms with Crippen LogP contribution in [0.3, 0.4) is 0 Å². The van der Waals surface area contributed by atoms with Gasteiger partial charge in [-0.15, -0.1) is 0 Å². The smallest absolute Gasteiger partial charge is 0.230 e. The van der Waals surface area contributed by atoms with Crippen molar-refractivity contribution in [1.29, 1.82) is 0 Å². The molecule has 0 atom stereocenters. The molecule has 4 heteroatoms. The van der Waals surface area contributed by atoms with Crippen LogP contribution in [0.5, 0.6) is 0 Å². The standard InChI is InChI=1S/C14H20N2O2/c1-4-15-7-6-8-16(5-2)13-10(3)14(18)12(17)9-11(13)15/h9H,4-8H2,1-3H3. The third-order valence-corrected chi connectivity index (χ3v) is 3.71. The molecule has 1 heterocycles. The van der Waals surface area contributed by atoms with Crippen molar-refractivity contribution in [2.75, 3.05) is 26.2 Å². The second-order valence-electron chi connectivity index (χ2n) is 4.71. The van der Waals surface area contributed by atoms with Gasteiger partial charge in [0.1, 0.15) is 0 Å². The molecule has 0 unspecified atom stereocenters. The lowest BCUT2D eigenvalue weighted by molar-refractivity contribution is -0.131. The predicted molar refractivity (Wildman–Crippen MR) is 69.9 cm³/mol. The van der Waals surface area contributed by atoms with E-state index in [4.69, 9.17) is 0 Å². The lowest BCUT2D eigenvalue weighted by Crippen LogP contribution is -2.34. The summed E-state index contributed by atoms with van der Waals surface area (Å²) >= 11 is 0. The average Bonchev–Trinajstić information content (AvgIpc) is 2.54. The summed E-state index contributed by atoms with van der Waals surface area (Å²) in [5, 5.41) is 0. The number of likely N-dealkylation sites (N-methyl/N-ethyl adjacent to an activating group) is 2. The van der Waals surface area contributed by atoms with Crippen LogP contribution in [0.4, 0.5) is 0 Å². The third kappa shape index (κ3) is 1.96. The van der Waals surface area contributed by atoms with E-state index in [0.29, 0.717) is 5.57 Å². The first-order valence-electron chi connectivity index (χ1n) is 6.61. The minimum atomic E-state index is -0.386. The molecule has 0 radical (unpaired) electrons. The van der Waals surface area contributed by atoms with Gasteiger partial charge in [0.05, 0.1) is 11.4 Å². The van der Waals surface area contributed by atoms with Crippen LogP contribution in [0.2, 0.25) is 0 Å². The Morgan fingerprint density at radius 2 is 1.72 bits per heavy atom. The summed E-state index contributed by atoms with van der Waals surface area (Å²) in [5.41, 5.74) is 2.49. The van der Waals surface area contributed by atoms with Crippen molar-refractivity contribution < 1.29 is 9.59 Å². The van der Waals surface area contributed by atoms with E-state index in [1.54, 1.807) is 6.92 Å². The highest BCUT2D eigenvalue weighted by Gasteiger charge is 2.32. The fourth-order valence-electron chi connectivity index (χ4n) is 2.71. The highest BCUT2D eigenvalue weighted by atomic mass is 16.2. The van der Waals surface area contributed by atoms with Gasteiger partial charge in [-0.3, -0.25) is 9.59 Å². The van der Waals surface area contributed by atoms with E-state index in [1.165, 1.54) is 6.08 Å². The molecule has 0 aromatic rings. The predicted octanol–water partition coefficient (Wildman–Crippen LogP) is 1.34. The molecule has 4 nitrogen and oxygen atoms in total. The summed E-state index contributed by atoms with van der Waals surface area (Å²) in [7, 11) is 0. The molecule has 0 aromatic carbocycles. The first kappa shape index (κ1) is 12.9. The number of Topliss-reactive ketones (excluding diaryl/α,β-unsaturated/α-hetero) is 1. The van der Waals surface area contributed by atoms with Gasteiger partial charge in [0.25, 0.3) is 0 Å². The van der Waals surface area contributed by atoms with Gasteiger partial charge in [0.15, 0.2) is 0 Å². The van der Waals surface area contributed by atoms with Crippen molar-refractivity contribution in [3.8, 4) is 0 Å². The van der Waals surface area contributed by atoms with Crippen molar-refractivity contribution in [3.05, 3.63) is 23.0 Å². The van der Waals surface area contributed by atoms with E-state index >= 15 is 0 Å². The van der Waals surface area contributed by atoms with E-state index in [2.05, 4.69) is 23.6 Å². The Labute approximate surface area is 108 Å². The SMILES string of the molecule is CCN1CCCN(CC)C2=C(C)C(=O)C(=O)C=C21. The summed E-state index contributed by atoms with van der Waals surface area (Å²) in [6.07, 6.45) is 2.57. The van der Waals surface area contributed by atoms with Gasteiger partial charge in [-0.05, 0) is 27.2 Å². The first-order chi connectivity index (χ1) is 8.60. The van der Waals surface area contributed by atoms with E-state index in [1.807, 2.05) is 0 Å². The van der Waals surface area contributed by atoms with Gasteiger partial charge in [0, 0.05) is 37.8 Å². The molecule has 1 fully saturated rings. The number of rotatable bonds is 2. The number of nitrogens with zero attached hydrogens (tertiary/aromatic N) is 2. The molecule has 1 aliphatic carbocycles. The number of carbonyl (C=O) groups is 2. The summed E-state index contributed by atoms with van der Waals surface area (Å²) in [6, 6.07) is 0. The van der Waals surface area contributed by atoms with Crippen molar-refractivity contribution in [2.24, 2.45) is 0 Å². The highest BCUT2D eigenvalue weighted by Crippen LogP contribution is 2.29. The second-order valence-corrected chi connectivity index (χ2v) is 4.71. The number of hydrogen-bond donors (Lipinski definition) is 0. The van der Waals surface area contributed by atoms with Crippen molar-refractivity contribution in [3.63, 3.8) is 0 Å². The molecule has 0 aromatic heterocycles. The number of fused-ring (bicyclic) bond motifs is 1. The van der Waals surface area contributed by atoms with E-state index in [-0.39, 0.29) is 11.6 Å². The summed E-state index contributed by atoms with van der Waals surface area (Å²) in [4.78, 5) is 28.0. The molecule has 2 rings (SSSR count). The van der Waals surface area contributed by atoms with Gasteiger partial charge in [-0.2, -0.15) is 0 Å². The zero-order chi connectivity index (χ0) is 13.3. The zero-order valence-electron chi connectivity index (χ0n) is 11.3. The highest BCUT2D eigenvalue weighted by molar-refractivity contribution is 6.48. The third-order valence-electron chi connectivity index (χ3n) is 3.71.